The van der Waals surface area contributed by atoms with Gasteiger partial charge in [-0.3, -0.25) is 4.90 Å². The van der Waals surface area contributed by atoms with Gasteiger partial charge in [0.25, 0.3) is 0 Å². The fraction of sp³-hybridized carbons (Fsp3) is 1.00. The summed E-state index contributed by atoms with van der Waals surface area (Å²) in [6, 6.07) is 1.79. The fourth-order valence-corrected chi connectivity index (χ4v) is 5.11. The van der Waals surface area contributed by atoms with Crippen molar-refractivity contribution in [3.8, 4) is 0 Å². The van der Waals surface area contributed by atoms with Crippen LogP contribution in [0.4, 0.5) is 0 Å². The van der Waals surface area contributed by atoms with Crippen LogP contribution in [0.5, 0.6) is 0 Å². The highest BCUT2D eigenvalue weighted by atomic mass is 15.2. The van der Waals surface area contributed by atoms with Gasteiger partial charge in [-0.2, -0.15) is 0 Å². The van der Waals surface area contributed by atoms with E-state index < -0.39 is 0 Å². The molecule has 2 heterocycles. The van der Waals surface area contributed by atoms with Gasteiger partial charge >= 0.3 is 0 Å². The van der Waals surface area contributed by atoms with Crippen LogP contribution in [-0.4, -0.2) is 36.6 Å². The predicted molar refractivity (Wildman–Crippen MR) is 81.3 cm³/mol. The van der Waals surface area contributed by atoms with Gasteiger partial charge in [-0.1, -0.05) is 33.1 Å². The molecule has 0 bridgehead atoms. The molecule has 3 aliphatic rings. The molecule has 2 nitrogen and oxygen atoms in total. The van der Waals surface area contributed by atoms with Crippen molar-refractivity contribution in [2.75, 3.05) is 19.6 Å². The highest BCUT2D eigenvalue weighted by molar-refractivity contribution is 5.00. The minimum Gasteiger partial charge on any atom is -0.316 e. The molecule has 2 heteroatoms. The molecule has 2 aliphatic heterocycles. The zero-order chi connectivity index (χ0) is 13.2. The molecule has 1 aliphatic carbocycles. The van der Waals surface area contributed by atoms with Crippen molar-refractivity contribution in [3.05, 3.63) is 0 Å². The van der Waals surface area contributed by atoms with Crippen LogP contribution < -0.4 is 5.32 Å². The Labute approximate surface area is 119 Å². The Morgan fingerprint density at radius 2 is 1.89 bits per heavy atom. The fourth-order valence-electron chi connectivity index (χ4n) is 5.11. The van der Waals surface area contributed by atoms with E-state index in [2.05, 4.69) is 24.1 Å². The Balaban J connectivity index is 1.64. The number of hydrogen-bond donors (Lipinski definition) is 1. The van der Waals surface area contributed by atoms with E-state index in [1.54, 1.807) is 0 Å². The first-order valence-corrected chi connectivity index (χ1v) is 8.79. The maximum atomic E-state index is 3.61. The van der Waals surface area contributed by atoms with E-state index in [1.807, 2.05) is 0 Å². The lowest BCUT2D eigenvalue weighted by Gasteiger charge is -2.34. The van der Waals surface area contributed by atoms with Gasteiger partial charge in [-0.05, 0) is 56.5 Å². The lowest BCUT2D eigenvalue weighted by atomic mass is 9.92. The third-order valence-electron chi connectivity index (χ3n) is 6.28. The molecule has 0 aromatic carbocycles. The van der Waals surface area contributed by atoms with Crippen molar-refractivity contribution in [2.45, 2.75) is 70.9 Å². The standard InChI is InChI=1S/C17H32N2/c1-3-13-6-5-7-15(9-8-13)19-12-14-10-18-11-16(14)17(19)4-2/h13-18H,3-12H2,1-2H3. The van der Waals surface area contributed by atoms with E-state index in [1.165, 1.54) is 64.6 Å². The van der Waals surface area contributed by atoms with Crippen LogP contribution in [0.3, 0.4) is 0 Å². The first-order valence-electron chi connectivity index (χ1n) is 8.79. The van der Waals surface area contributed by atoms with Gasteiger partial charge < -0.3 is 5.32 Å². The third-order valence-corrected chi connectivity index (χ3v) is 6.28. The van der Waals surface area contributed by atoms with Crippen LogP contribution in [-0.2, 0) is 0 Å². The maximum absolute atomic E-state index is 3.61. The number of nitrogens with zero attached hydrogens (tertiary/aromatic N) is 1. The minimum atomic E-state index is 0.878. The molecule has 5 unspecified atom stereocenters. The van der Waals surface area contributed by atoms with Gasteiger partial charge in [0.2, 0.25) is 0 Å². The molecule has 1 saturated carbocycles. The van der Waals surface area contributed by atoms with E-state index in [4.69, 9.17) is 0 Å². The molecule has 0 spiro atoms. The molecule has 5 atom stereocenters. The Morgan fingerprint density at radius 3 is 2.68 bits per heavy atom. The van der Waals surface area contributed by atoms with Gasteiger partial charge in [0.05, 0.1) is 0 Å². The lowest BCUT2D eigenvalue weighted by Crippen LogP contribution is -2.42. The van der Waals surface area contributed by atoms with Gasteiger partial charge in [0, 0.05) is 18.6 Å². The summed E-state index contributed by atoms with van der Waals surface area (Å²) in [4.78, 5) is 2.94. The number of hydrogen-bond acceptors (Lipinski definition) is 2. The van der Waals surface area contributed by atoms with Gasteiger partial charge in [0.15, 0.2) is 0 Å². The number of likely N-dealkylation sites (tertiary alicyclic amines) is 1. The van der Waals surface area contributed by atoms with Crippen LogP contribution in [0.15, 0.2) is 0 Å². The molecule has 0 radical (unpaired) electrons. The zero-order valence-corrected chi connectivity index (χ0v) is 12.9. The monoisotopic (exact) mass is 264 g/mol. The van der Waals surface area contributed by atoms with Crippen molar-refractivity contribution in [2.24, 2.45) is 17.8 Å². The molecule has 3 rings (SSSR count). The van der Waals surface area contributed by atoms with Gasteiger partial charge in [-0.15, -0.1) is 0 Å². The summed E-state index contributed by atoms with van der Waals surface area (Å²) in [6.45, 7) is 8.74. The molecular weight excluding hydrogens is 232 g/mol. The van der Waals surface area contributed by atoms with Crippen LogP contribution >= 0.6 is 0 Å². The van der Waals surface area contributed by atoms with Crippen molar-refractivity contribution < 1.29 is 0 Å². The minimum absolute atomic E-state index is 0.878. The number of nitrogens with one attached hydrogen (secondary N) is 1. The Hall–Kier alpha value is -0.0800. The van der Waals surface area contributed by atoms with Crippen LogP contribution in [0, 0.1) is 17.8 Å². The average Bonchev–Trinajstić information content (AvgIpc) is 2.91. The number of fused-ring (bicyclic) bond motifs is 1. The summed E-state index contributed by atoms with van der Waals surface area (Å²) in [5.74, 6) is 2.93. The Kier molecular flexibility index (Phi) is 4.48. The van der Waals surface area contributed by atoms with Gasteiger partial charge in [0.1, 0.15) is 0 Å². The maximum Gasteiger partial charge on any atom is 0.0140 e. The molecule has 19 heavy (non-hydrogen) atoms. The second-order valence-electron chi connectivity index (χ2n) is 7.19. The van der Waals surface area contributed by atoms with E-state index >= 15 is 0 Å². The normalized spacial score (nSPS) is 44.2. The van der Waals surface area contributed by atoms with Crippen molar-refractivity contribution in [3.63, 3.8) is 0 Å². The molecular formula is C17H32N2. The van der Waals surface area contributed by atoms with E-state index in [9.17, 15) is 0 Å². The predicted octanol–water partition coefficient (Wildman–Crippen LogP) is 3.28. The number of rotatable bonds is 3. The van der Waals surface area contributed by atoms with E-state index in [-0.39, 0.29) is 0 Å². The second-order valence-corrected chi connectivity index (χ2v) is 7.19. The third kappa shape index (κ3) is 2.71. The topological polar surface area (TPSA) is 15.3 Å². The SMILES string of the molecule is CCC1CCCC(N2CC3CNCC3C2CC)CC1. The van der Waals surface area contributed by atoms with Crippen molar-refractivity contribution in [1.29, 1.82) is 0 Å². The largest absolute Gasteiger partial charge is 0.316 e. The zero-order valence-electron chi connectivity index (χ0n) is 12.9. The molecule has 110 valence electrons. The smallest absolute Gasteiger partial charge is 0.0140 e. The van der Waals surface area contributed by atoms with Crippen molar-refractivity contribution in [1.82, 2.24) is 10.2 Å². The molecule has 0 aromatic rings. The molecule has 0 amide bonds. The molecule has 1 N–H and O–H groups in total. The van der Waals surface area contributed by atoms with E-state index in [0.29, 0.717) is 0 Å². The van der Waals surface area contributed by atoms with Gasteiger partial charge in [-0.25, -0.2) is 0 Å². The Bertz CT molecular complexity index is 291. The first kappa shape index (κ1) is 13.9. The highest BCUT2D eigenvalue weighted by Crippen LogP contribution is 2.39. The van der Waals surface area contributed by atoms with Crippen LogP contribution in [0.1, 0.15) is 58.8 Å². The quantitative estimate of drug-likeness (QED) is 0.787. The first-order chi connectivity index (χ1) is 9.33. The molecule has 2 saturated heterocycles. The summed E-state index contributed by atoms with van der Waals surface area (Å²) in [5, 5.41) is 3.61. The highest BCUT2D eigenvalue weighted by Gasteiger charge is 2.45. The summed E-state index contributed by atoms with van der Waals surface area (Å²) in [6.07, 6.45) is 10.2. The summed E-state index contributed by atoms with van der Waals surface area (Å²) in [5.41, 5.74) is 0. The molecule has 3 fully saturated rings. The van der Waals surface area contributed by atoms with Crippen LogP contribution in [0.25, 0.3) is 0 Å². The molecule has 0 aromatic heterocycles. The van der Waals surface area contributed by atoms with Crippen LogP contribution in [0.2, 0.25) is 0 Å². The van der Waals surface area contributed by atoms with E-state index in [0.717, 1.165) is 29.8 Å². The average molecular weight is 264 g/mol. The lowest BCUT2D eigenvalue weighted by molar-refractivity contribution is 0.140. The summed E-state index contributed by atoms with van der Waals surface area (Å²) >= 11 is 0. The Morgan fingerprint density at radius 1 is 1.00 bits per heavy atom. The summed E-state index contributed by atoms with van der Waals surface area (Å²) < 4.78 is 0. The summed E-state index contributed by atoms with van der Waals surface area (Å²) in [7, 11) is 0. The van der Waals surface area contributed by atoms with Crippen molar-refractivity contribution >= 4 is 0 Å². The second kappa shape index (κ2) is 6.13.